The standard InChI is InChI=1S/C15H23NO2/c1-15(2,3)18-14(17)16-10-8-13(9-11-16)7-6-12-4-5-12/h6-8,12H,4-5,9-11H2,1-3H3/b7-6+. The minimum absolute atomic E-state index is 0.205. The monoisotopic (exact) mass is 249 g/mol. The van der Waals surface area contributed by atoms with Gasteiger partial charge in [-0.25, -0.2) is 4.79 Å². The van der Waals surface area contributed by atoms with Gasteiger partial charge in [0.25, 0.3) is 0 Å². The fourth-order valence-corrected chi connectivity index (χ4v) is 1.88. The highest BCUT2D eigenvalue weighted by Crippen LogP contribution is 2.30. The zero-order valence-corrected chi connectivity index (χ0v) is 11.6. The highest BCUT2D eigenvalue weighted by molar-refractivity contribution is 5.68. The first-order chi connectivity index (χ1) is 8.44. The van der Waals surface area contributed by atoms with Gasteiger partial charge in [0.15, 0.2) is 0 Å². The zero-order valence-electron chi connectivity index (χ0n) is 11.6. The SMILES string of the molecule is CC(C)(C)OC(=O)N1CC=C(/C=C/C2CC2)CC1. The predicted molar refractivity (Wildman–Crippen MR) is 72.4 cm³/mol. The van der Waals surface area contributed by atoms with Crippen molar-refractivity contribution in [2.24, 2.45) is 5.92 Å². The number of allylic oxidation sites excluding steroid dienone is 2. The van der Waals surface area contributed by atoms with Gasteiger partial charge in [0.1, 0.15) is 5.60 Å². The van der Waals surface area contributed by atoms with Gasteiger partial charge in [-0.3, -0.25) is 0 Å². The van der Waals surface area contributed by atoms with Crippen molar-refractivity contribution in [3.05, 3.63) is 23.8 Å². The predicted octanol–water partition coefficient (Wildman–Crippen LogP) is 3.52. The number of ether oxygens (including phenoxy) is 1. The van der Waals surface area contributed by atoms with E-state index in [0.29, 0.717) is 6.54 Å². The van der Waals surface area contributed by atoms with Crippen molar-refractivity contribution in [1.29, 1.82) is 0 Å². The quantitative estimate of drug-likeness (QED) is 0.749. The molecular weight excluding hydrogens is 226 g/mol. The fraction of sp³-hybridized carbons (Fsp3) is 0.667. The fourth-order valence-electron chi connectivity index (χ4n) is 1.88. The minimum atomic E-state index is -0.410. The molecule has 0 saturated heterocycles. The average molecular weight is 249 g/mol. The molecule has 0 aromatic carbocycles. The first-order valence-corrected chi connectivity index (χ1v) is 6.79. The van der Waals surface area contributed by atoms with Crippen LogP contribution in [0, 0.1) is 5.92 Å². The summed E-state index contributed by atoms with van der Waals surface area (Å²) in [6, 6.07) is 0. The Hall–Kier alpha value is -1.25. The zero-order chi connectivity index (χ0) is 13.2. The van der Waals surface area contributed by atoms with E-state index in [2.05, 4.69) is 18.2 Å². The van der Waals surface area contributed by atoms with E-state index >= 15 is 0 Å². The van der Waals surface area contributed by atoms with Crippen LogP contribution in [0.1, 0.15) is 40.0 Å². The van der Waals surface area contributed by atoms with Gasteiger partial charge in [-0.2, -0.15) is 0 Å². The molecular formula is C15H23NO2. The number of carbonyl (C=O) groups excluding carboxylic acids is 1. The Morgan fingerprint density at radius 2 is 2.17 bits per heavy atom. The second kappa shape index (κ2) is 5.17. The van der Waals surface area contributed by atoms with Crippen molar-refractivity contribution in [1.82, 2.24) is 4.90 Å². The molecule has 1 heterocycles. The van der Waals surface area contributed by atoms with E-state index < -0.39 is 5.60 Å². The number of amides is 1. The normalized spacial score (nSPS) is 21.1. The van der Waals surface area contributed by atoms with Crippen LogP contribution in [0.3, 0.4) is 0 Å². The first-order valence-electron chi connectivity index (χ1n) is 6.79. The maximum atomic E-state index is 11.9. The van der Waals surface area contributed by atoms with Crippen LogP contribution in [-0.4, -0.2) is 29.7 Å². The number of hydrogen-bond donors (Lipinski definition) is 0. The Morgan fingerprint density at radius 1 is 1.44 bits per heavy atom. The van der Waals surface area contributed by atoms with Crippen molar-refractivity contribution in [3.63, 3.8) is 0 Å². The molecule has 0 aromatic rings. The third-order valence-corrected chi connectivity index (χ3v) is 3.10. The van der Waals surface area contributed by atoms with Crippen LogP contribution in [0.5, 0.6) is 0 Å². The molecule has 100 valence electrons. The Bertz CT molecular complexity index is 372. The summed E-state index contributed by atoms with van der Waals surface area (Å²) in [6.07, 6.45) is 10.1. The average Bonchev–Trinajstić information content (AvgIpc) is 3.08. The van der Waals surface area contributed by atoms with E-state index in [0.717, 1.165) is 18.9 Å². The molecule has 0 radical (unpaired) electrons. The minimum Gasteiger partial charge on any atom is -0.444 e. The van der Waals surface area contributed by atoms with Crippen molar-refractivity contribution in [3.8, 4) is 0 Å². The Labute approximate surface area is 109 Å². The van der Waals surface area contributed by atoms with E-state index in [9.17, 15) is 4.79 Å². The third kappa shape index (κ3) is 4.21. The number of rotatable bonds is 2. The number of nitrogens with zero attached hydrogens (tertiary/aromatic N) is 1. The molecule has 18 heavy (non-hydrogen) atoms. The smallest absolute Gasteiger partial charge is 0.410 e. The van der Waals surface area contributed by atoms with Gasteiger partial charge >= 0.3 is 6.09 Å². The molecule has 1 aliphatic heterocycles. The van der Waals surface area contributed by atoms with Gasteiger partial charge < -0.3 is 9.64 Å². The molecule has 0 atom stereocenters. The summed E-state index contributed by atoms with van der Waals surface area (Å²) in [7, 11) is 0. The molecule has 2 aliphatic rings. The van der Waals surface area contributed by atoms with Crippen molar-refractivity contribution >= 4 is 6.09 Å². The Kier molecular flexibility index (Phi) is 3.79. The summed E-state index contributed by atoms with van der Waals surface area (Å²) in [5.74, 6) is 0.815. The summed E-state index contributed by atoms with van der Waals surface area (Å²) < 4.78 is 5.36. The maximum absolute atomic E-state index is 11.9. The Morgan fingerprint density at radius 3 is 2.67 bits per heavy atom. The number of carbonyl (C=O) groups is 1. The van der Waals surface area contributed by atoms with Crippen molar-refractivity contribution < 1.29 is 9.53 Å². The first kappa shape index (κ1) is 13.2. The van der Waals surface area contributed by atoms with E-state index in [1.54, 1.807) is 4.90 Å². The van der Waals surface area contributed by atoms with Gasteiger partial charge in [0, 0.05) is 13.1 Å². The Balaban J connectivity index is 1.82. The molecule has 1 fully saturated rings. The van der Waals surface area contributed by atoms with Crippen LogP contribution in [0.25, 0.3) is 0 Å². The summed E-state index contributed by atoms with van der Waals surface area (Å²) in [4.78, 5) is 13.6. The topological polar surface area (TPSA) is 29.5 Å². The van der Waals surface area contributed by atoms with E-state index in [-0.39, 0.29) is 6.09 Å². The van der Waals surface area contributed by atoms with Crippen LogP contribution < -0.4 is 0 Å². The van der Waals surface area contributed by atoms with Gasteiger partial charge in [-0.05, 0) is 51.5 Å². The van der Waals surface area contributed by atoms with Crippen LogP contribution in [0.2, 0.25) is 0 Å². The molecule has 0 N–H and O–H groups in total. The van der Waals surface area contributed by atoms with Crippen LogP contribution in [0.15, 0.2) is 23.8 Å². The molecule has 1 amide bonds. The summed E-state index contributed by atoms with van der Waals surface area (Å²) in [5, 5.41) is 0. The number of hydrogen-bond acceptors (Lipinski definition) is 2. The molecule has 3 nitrogen and oxygen atoms in total. The molecule has 0 bridgehead atoms. The van der Waals surface area contributed by atoms with Gasteiger partial charge in [-0.15, -0.1) is 0 Å². The second-order valence-corrected chi connectivity index (χ2v) is 6.15. The lowest BCUT2D eigenvalue weighted by Crippen LogP contribution is -2.39. The van der Waals surface area contributed by atoms with Crippen LogP contribution in [0.4, 0.5) is 4.79 Å². The second-order valence-electron chi connectivity index (χ2n) is 6.15. The molecule has 0 spiro atoms. The third-order valence-electron chi connectivity index (χ3n) is 3.10. The van der Waals surface area contributed by atoms with E-state index in [1.165, 1.54) is 18.4 Å². The summed E-state index contributed by atoms with van der Waals surface area (Å²) >= 11 is 0. The highest BCUT2D eigenvalue weighted by Gasteiger charge is 2.23. The van der Waals surface area contributed by atoms with Crippen LogP contribution >= 0.6 is 0 Å². The maximum Gasteiger partial charge on any atom is 0.410 e. The molecule has 1 saturated carbocycles. The molecule has 0 aromatic heterocycles. The van der Waals surface area contributed by atoms with Crippen molar-refractivity contribution in [2.45, 2.75) is 45.6 Å². The molecule has 1 aliphatic carbocycles. The lowest BCUT2D eigenvalue weighted by atomic mass is 10.1. The van der Waals surface area contributed by atoms with Crippen LogP contribution in [-0.2, 0) is 4.74 Å². The summed E-state index contributed by atoms with van der Waals surface area (Å²) in [5.41, 5.74) is 0.939. The van der Waals surface area contributed by atoms with Gasteiger partial charge in [-0.1, -0.05) is 18.2 Å². The van der Waals surface area contributed by atoms with Crippen molar-refractivity contribution in [2.75, 3.05) is 13.1 Å². The summed E-state index contributed by atoms with van der Waals surface area (Å²) in [6.45, 7) is 7.12. The molecule has 2 rings (SSSR count). The lowest BCUT2D eigenvalue weighted by molar-refractivity contribution is 0.0267. The van der Waals surface area contributed by atoms with E-state index in [4.69, 9.17) is 4.74 Å². The van der Waals surface area contributed by atoms with Gasteiger partial charge in [0.05, 0.1) is 0 Å². The van der Waals surface area contributed by atoms with Gasteiger partial charge in [0.2, 0.25) is 0 Å². The van der Waals surface area contributed by atoms with E-state index in [1.807, 2.05) is 20.8 Å². The lowest BCUT2D eigenvalue weighted by Gasteiger charge is -2.29. The highest BCUT2D eigenvalue weighted by atomic mass is 16.6. The molecule has 0 unspecified atom stereocenters. The molecule has 3 heteroatoms. The largest absolute Gasteiger partial charge is 0.444 e.